The molecule has 2 heterocycles. The van der Waals surface area contributed by atoms with Gasteiger partial charge >= 0.3 is 0 Å². The fourth-order valence-corrected chi connectivity index (χ4v) is 5.17. The summed E-state index contributed by atoms with van der Waals surface area (Å²) in [5.41, 5.74) is 2.28. The van der Waals surface area contributed by atoms with Crippen LogP contribution in [0.15, 0.2) is 30.3 Å². The van der Waals surface area contributed by atoms with Crippen LogP contribution in [0, 0.1) is 13.8 Å². The Bertz CT molecular complexity index is 898. The van der Waals surface area contributed by atoms with Crippen LogP contribution in [0.2, 0.25) is 0 Å². The van der Waals surface area contributed by atoms with Gasteiger partial charge < -0.3 is 9.80 Å². The molecule has 1 atom stereocenters. The Labute approximate surface area is 155 Å². The summed E-state index contributed by atoms with van der Waals surface area (Å²) in [6.07, 6.45) is 0.645. The summed E-state index contributed by atoms with van der Waals surface area (Å²) in [6.45, 7) is 6.81. The molecule has 26 heavy (non-hydrogen) atoms. The smallest absolute Gasteiger partial charge is 0.152 e. The molecule has 0 N–H and O–H groups in total. The third-order valence-electron chi connectivity index (χ3n) is 4.83. The topological polar surface area (TPSA) is 66.4 Å². The summed E-state index contributed by atoms with van der Waals surface area (Å²) >= 11 is 0. The maximum absolute atomic E-state index is 11.8. The van der Waals surface area contributed by atoms with Crippen molar-refractivity contribution in [3.05, 3.63) is 41.7 Å². The van der Waals surface area contributed by atoms with E-state index in [2.05, 4.69) is 46.9 Å². The van der Waals surface area contributed by atoms with Crippen molar-refractivity contribution in [2.24, 2.45) is 0 Å². The first kappa shape index (κ1) is 18.6. The van der Waals surface area contributed by atoms with Gasteiger partial charge in [0.1, 0.15) is 17.5 Å². The van der Waals surface area contributed by atoms with E-state index in [4.69, 9.17) is 0 Å². The highest BCUT2D eigenvalue weighted by molar-refractivity contribution is 7.91. The Morgan fingerprint density at radius 2 is 1.88 bits per heavy atom. The van der Waals surface area contributed by atoms with E-state index in [1.807, 2.05) is 31.0 Å². The van der Waals surface area contributed by atoms with Crippen LogP contribution in [0.5, 0.6) is 0 Å². The standard InChI is InChI=1S/C19H26N4O2S/c1-5-23(16-8-6-7-14(2)11-16)19-12-18(20-15(3)21-19)22(4)17-9-10-26(24,25)13-17/h6-8,11-12,17H,5,9-10,13H2,1-4H3. The zero-order valence-corrected chi connectivity index (χ0v) is 16.6. The second kappa shape index (κ2) is 7.23. The van der Waals surface area contributed by atoms with Gasteiger partial charge in [-0.3, -0.25) is 0 Å². The minimum atomic E-state index is -2.93. The number of hydrogen-bond acceptors (Lipinski definition) is 6. The zero-order chi connectivity index (χ0) is 18.9. The molecule has 0 bridgehead atoms. The third-order valence-corrected chi connectivity index (χ3v) is 6.58. The molecule has 6 nitrogen and oxygen atoms in total. The Kier molecular flexibility index (Phi) is 5.18. The minimum Gasteiger partial charge on any atom is -0.355 e. The van der Waals surface area contributed by atoms with E-state index in [-0.39, 0.29) is 17.5 Å². The first-order valence-electron chi connectivity index (χ1n) is 8.92. The molecule has 7 heteroatoms. The molecule has 0 saturated carbocycles. The number of benzene rings is 1. The van der Waals surface area contributed by atoms with Crippen LogP contribution in [0.1, 0.15) is 24.7 Å². The Morgan fingerprint density at radius 3 is 2.50 bits per heavy atom. The van der Waals surface area contributed by atoms with Gasteiger partial charge in [0.05, 0.1) is 11.5 Å². The fraction of sp³-hybridized carbons (Fsp3) is 0.474. The van der Waals surface area contributed by atoms with Gasteiger partial charge in [-0.1, -0.05) is 12.1 Å². The van der Waals surface area contributed by atoms with E-state index in [1.165, 1.54) is 5.56 Å². The average molecular weight is 375 g/mol. The Morgan fingerprint density at radius 1 is 1.15 bits per heavy atom. The molecule has 3 rings (SSSR count). The van der Waals surface area contributed by atoms with Gasteiger partial charge in [-0.25, -0.2) is 18.4 Å². The van der Waals surface area contributed by atoms with Gasteiger partial charge in [0, 0.05) is 31.4 Å². The number of aromatic nitrogens is 2. The highest BCUT2D eigenvalue weighted by Gasteiger charge is 2.31. The molecule has 1 unspecified atom stereocenters. The van der Waals surface area contributed by atoms with Crippen LogP contribution in [-0.2, 0) is 9.84 Å². The second-order valence-electron chi connectivity index (χ2n) is 6.88. The van der Waals surface area contributed by atoms with Gasteiger partial charge in [0.25, 0.3) is 0 Å². The first-order chi connectivity index (χ1) is 12.3. The lowest BCUT2D eigenvalue weighted by Gasteiger charge is -2.27. The van der Waals surface area contributed by atoms with Gasteiger partial charge in [0.2, 0.25) is 0 Å². The zero-order valence-electron chi connectivity index (χ0n) is 15.8. The summed E-state index contributed by atoms with van der Waals surface area (Å²) in [6, 6.07) is 10.2. The largest absolute Gasteiger partial charge is 0.355 e. The first-order valence-corrected chi connectivity index (χ1v) is 10.7. The molecule has 1 aliphatic rings. The molecule has 1 fully saturated rings. The van der Waals surface area contributed by atoms with Crippen molar-refractivity contribution in [3.8, 4) is 0 Å². The molecular formula is C19H26N4O2S. The maximum atomic E-state index is 11.8. The number of aryl methyl sites for hydroxylation is 2. The van der Waals surface area contributed by atoms with E-state index in [0.717, 1.165) is 23.9 Å². The molecule has 1 aromatic heterocycles. The van der Waals surface area contributed by atoms with Gasteiger partial charge in [-0.05, 0) is 44.9 Å². The lowest BCUT2D eigenvalue weighted by atomic mass is 10.2. The molecule has 1 aromatic carbocycles. The van der Waals surface area contributed by atoms with Gasteiger partial charge in [-0.15, -0.1) is 0 Å². The molecule has 2 aromatic rings. The number of nitrogens with zero attached hydrogens (tertiary/aromatic N) is 4. The van der Waals surface area contributed by atoms with Gasteiger partial charge in [-0.2, -0.15) is 0 Å². The lowest BCUT2D eigenvalue weighted by Crippen LogP contribution is -2.33. The number of hydrogen-bond donors (Lipinski definition) is 0. The van der Waals surface area contributed by atoms with E-state index in [9.17, 15) is 8.42 Å². The van der Waals surface area contributed by atoms with Crippen LogP contribution in [0.3, 0.4) is 0 Å². The molecule has 140 valence electrons. The quantitative estimate of drug-likeness (QED) is 0.802. The number of anilines is 3. The van der Waals surface area contributed by atoms with Crippen molar-refractivity contribution in [1.29, 1.82) is 0 Å². The van der Waals surface area contributed by atoms with E-state index in [0.29, 0.717) is 12.2 Å². The average Bonchev–Trinajstić information content (AvgIpc) is 2.94. The van der Waals surface area contributed by atoms with E-state index in [1.54, 1.807) is 0 Å². The van der Waals surface area contributed by atoms with E-state index < -0.39 is 9.84 Å². The van der Waals surface area contributed by atoms with E-state index >= 15 is 0 Å². The number of rotatable bonds is 5. The molecule has 0 radical (unpaired) electrons. The van der Waals surface area contributed by atoms with Crippen molar-refractivity contribution < 1.29 is 8.42 Å². The van der Waals surface area contributed by atoms with Crippen LogP contribution < -0.4 is 9.80 Å². The third kappa shape index (κ3) is 3.98. The molecule has 1 saturated heterocycles. The SMILES string of the molecule is CCN(c1cccc(C)c1)c1cc(N(C)C2CCS(=O)(=O)C2)nc(C)n1. The molecule has 1 aliphatic heterocycles. The van der Waals surface area contributed by atoms with Crippen molar-refractivity contribution >= 4 is 27.2 Å². The van der Waals surface area contributed by atoms with Gasteiger partial charge in [0.15, 0.2) is 9.84 Å². The second-order valence-corrected chi connectivity index (χ2v) is 9.11. The summed E-state index contributed by atoms with van der Waals surface area (Å²) < 4.78 is 23.6. The fourth-order valence-electron chi connectivity index (χ4n) is 3.40. The highest BCUT2D eigenvalue weighted by atomic mass is 32.2. The molecule has 0 amide bonds. The highest BCUT2D eigenvalue weighted by Crippen LogP contribution is 2.28. The number of sulfone groups is 1. The monoisotopic (exact) mass is 374 g/mol. The van der Waals surface area contributed by atoms with Crippen LogP contribution in [0.25, 0.3) is 0 Å². The molecular weight excluding hydrogens is 348 g/mol. The Hall–Kier alpha value is -2.15. The van der Waals surface area contributed by atoms with Crippen molar-refractivity contribution in [3.63, 3.8) is 0 Å². The molecule has 0 aliphatic carbocycles. The van der Waals surface area contributed by atoms with Crippen molar-refractivity contribution in [2.45, 2.75) is 33.2 Å². The molecule has 0 spiro atoms. The lowest BCUT2D eigenvalue weighted by molar-refractivity contribution is 0.600. The van der Waals surface area contributed by atoms with Crippen molar-refractivity contribution in [2.75, 3.05) is 34.9 Å². The van der Waals surface area contributed by atoms with Crippen molar-refractivity contribution in [1.82, 2.24) is 9.97 Å². The summed E-state index contributed by atoms with van der Waals surface area (Å²) in [5, 5.41) is 0. The predicted molar refractivity (Wildman–Crippen MR) is 106 cm³/mol. The summed E-state index contributed by atoms with van der Waals surface area (Å²) in [7, 11) is -1.02. The normalized spacial score (nSPS) is 18.7. The Balaban J connectivity index is 1.94. The maximum Gasteiger partial charge on any atom is 0.152 e. The summed E-state index contributed by atoms with van der Waals surface area (Å²) in [4.78, 5) is 13.3. The predicted octanol–water partition coefficient (Wildman–Crippen LogP) is 2.87. The van der Waals surface area contributed by atoms with Crippen LogP contribution in [-0.4, -0.2) is 49.5 Å². The van der Waals surface area contributed by atoms with Crippen LogP contribution >= 0.6 is 0 Å². The van der Waals surface area contributed by atoms with Crippen LogP contribution in [0.4, 0.5) is 17.3 Å². The summed E-state index contributed by atoms with van der Waals surface area (Å²) in [5.74, 6) is 2.71. The minimum absolute atomic E-state index is 0.0313.